The van der Waals surface area contributed by atoms with Crippen molar-refractivity contribution in [1.82, 2.24) is 5.16 Å². The molecule has 0 N–H and O–H groups in total. The van der Waals surface area contributed by atoms with Crippen LogP contribution in [0.2, 0.25) is 0 Å². The van der Waals surface area contributed by atoms with E-state index in [1.807, 2.05) is 0 Å². The summed E-state index contributed by atoms with van der Waals surface area (Å²) in [7, 11) is 0. The van der Waals surface area contributed by atoms with E-state index in [-0.39, 0.29) is 0 Å². The Kier molecular flexibility index (Phi) is 1.75. The highest BCUT2D eigenvalue weighted by Gasteiger charge is 2.30. The predicted molar refractivity (Wildman–Crippen MR) is 45.8 cm³/mol. The lowest BCUT2D eigenvalue weighted by atomic mass is 10.2. The summed E-state index contributed by atoms with van der Waals surface area (Å²) in [6.07, 6.45) is 2.55. The molecule has 1 aromatic heterocycles. The monoisotopic (exact) mass is 215 g/mol. The van der Waals surface area contributed by atoms with E-state index in [9.17, 15) is 0 Å². The van der Waals surface area contributed by atoms with Crippen LogP contribution in [0.3, 0.4) is 0 Å². The van der Waals surface area contributed by atoms with Crippen molar-refractivity contribution in [2.45, 2.75) is 31.0 Å². The van der Waals surface area contributed by atoms with Gasteiger partial charge in [0.05, 0.1) is 5.69 Å². The van der Waals surface area contributed by atoms with E-state index < -0.39 is 0 Å². The normalized spacial score (nSPS) is 17.3. The van der Waals surface area contributed by atoms with Crippen molar-refractivity contribution in [1.29, 1.82) is 0 Å². The Bertz CT molecular complexity index is 265. The van der Waals surface area contributed by atoms with Crippen LogP contribution in [0.5, 0.6) is 0 Å². The summed E-state index contributed by atoms with van der Waals surface area (Å²) >= 11 is 3.37. The van der Waals surface area contributed by atoms with E-state index in [0.29, 0.717) is 5.92 Å². The minimum absolute atomic E-state index is 0.676. The zero-order valence-corrected chi connectivity index (χ0v) is 8.02. The van der Waals surface area contributed by atoms with Crippen molar-refractivity contribution in [3.05, 3.63) is 17.0 Å². The number of nitrogens with zero attached hydrogens (tertiary/aromatic N) is 1. The molecule has 0 radical (unpaired) electrons. The quantitative estimate of drug-likeness (QED) is 0.710. The van der Waals surface area contributed by atoms with E-state index in [4.69, 9.17) is 4.52 Å². The van der Waals surface area contributed by atoms with Gasteiger partial charge in [0.2, 0.25) is 0 Å². The molecule has 2 rings (SSSR count). The summed E-state index contributed by atoms with van der Waals surface area (Å²) in [4.78, 5) is 0. The van der Waals surface area contributed by atoms with Gasteiger partial charge in [0.25, 0.3) is 0 Å². The van der Waals surface area contributed by atoms with Crippen molar-refractivity contribution in [3.8, 4) is 0 Å². The van der Waals surface area contributed by atoms with E-state index >= 15 is 0 Å². The van der Waals surface area contributed by atoms with Gasteiger partial charge in [-0.15, -0.1) is 0 Å². The van der Waals surface area contributed by atoms with Crippen LogP contribution < -0.4 is 0 Å². The molecule has 0 aliphatic heterocycles. The fraction of sp³-hybridized carbons (Fsp3) is 0.625. The molecular weight excluding hydrogens is 206 g/mol. The maximum absolute atomic E-state index is 5.23. The molecule has 1 aromatic rings. The molecule has 0 saturated heterocycles. The lowest BCUT2D eigenvalue weighted by molar-refractivity contribution is 0.379. The Morgan fingerprint density at radius 1 is 1.64 bits per heavy atom. The Balaban J connectivity index is 2.33. The van der Waals surface area contributed by atoms with Crippen molar-refractivity contribution >= 4 is 15.9 Å². The fourth-order valence-electron chi connectivity index (χ4n) is 1.23. The molecule has 0 unspecified atom stereocenters. The molecule has 1 aliphatic rings. The molecule has 2 nitrogen and oxygen atoms in total. The molecule has 1 aliphatic carbocycles. The van der Waals surface area contributed by atoms with E-state index in [1.165, 1.54) is 18.4 Å². The molecule has 0 aromatic carbocycles. The fourth-order valence-corrected chi connectivity index (χ4v) is 1.76. The van der Waals surface area contributed by atoms with Crippen molar-refractivity contribution < 1.29 is 4.52 Å². The molecule has 1 heterocycles. The average molecular weight is 216 g/mol. The van der Waals surface area contributed by atoms with Crippen molar-refractivity contribution in [2.75, 3.05) is 0 Å². The molecule has 11 heavy (non-hydrogen) atoms. The van der Waals surface area contributed by atoms with Crippen LogP contribution in [-0.4, -0.2) is 5.16 Å². The highest BCUT2D eigenvalue weighted by Crippen LogP contribution is 2.42. The summed E-state index contributed by atoms with van der Waals surface area (Å²) in [5, 5.41) is 4.77. The van der Waals surface area contributed by atoms with Crippen molar-refractivity contribution in [3.63, 3.8) is 0 Å². The minimum Gasteiger partial charge on any atom is -0.361 e. The maximum Gasteiger partial charge on any atom is 0.143 e. The van der Waals surface area contributed by atoms with Crippen LogP contribution in [0.1, 0.15) is 35.8 Å². The van der Waals surface area contributed by atoms with Gasteiger partial charge in [-0.3, -0.25) is 0 Å². The average Bonchev–Trinajstić information content (AvgIpc) is 2.77. The first-order valence-corrected chi connectivity index (χ1v) is 4.96. The third-order valence-electron chi connectivity index (χ3n) is 2.13. The molecule has 0 spiro atoms. The van der Waals surface area contributed by atoms with Gasteiger partial charge in [-0.05, 0) is 19.8 Å². The maximum atomic E-state index is 5.23. The molecule has 1 fully saturated rings. The van der Waals surface area contributed by atoms with Gasteiger partial charge < -0.3 is 4.52 Å². The van der Waals surface area contributed by atoms with E-state index in [1.54, 1.807) is 0 Å². The predicted octanol–water partition coefficient (Wildman–Crippen LogP) is 2.76. The molecule has 60 valence electrons. The van der Waals surface area contributed by atoms with Gasteiger partial charge in [-0.25, -0.2) is 0 Å². The smallest absolute Gasteiger partial charge is 0.143 e. The summed E-state index contributed by atoms with van der Waals surface area (Å²) < 4.78 is 5.23. The van der Waals surface area contributed by atoms with Crippen LogP contribution in [0.4, 0.5) is 0 Å². The Morgan fingerprint density at radius 2 is 2.36 bits per heavy atom. The van der Waals surface area contributed by atoms with Gasteiger partial charge in [0.15, 0.2) is 0 Å². The lowest BCUT2D eigenvalue weighted by Gasteiger charge is -1.90. The molecule has 0 atom stereocenters. The Labute approximate surface area is 74.1 Å². The third kappa shape index (κ3) is 1.22. The number of aromatic nitrogens is 1. The second-order valence-corrected chi connectivity index (χ2v) is 3.59. The SMILES string of the molecule is Cc1c(CBr)noc1C1CC1. The first-order chi connectivity index (χ1) is 5.33. The summed E-state index contributed by atoms with van der Waals surface area (Å²) in [6, 6.07) is 0. The van der Waals surface area contributed by atoms with Gasteiger partial charge >= 0.3 is 0 Å². The number of alkyl halides is 1. The summed E-state index contributed by atoms with van der Waals surface area (Å²) in [5.74, 6) is 1.79. The zero-order valence-electron chi connectivity index (χ0n) is 6.43. The largest absolute Gasteiger partial charge is 0.361 e. The highest BCUT2D eigenvalue weighted by atomic mass is 79.9. The summed E-state index contributed by atoms with van der Waals surface area (Å²) in [5.41, 5.74) is 2.29. The second-order valence-electron chi connectivity index (χ2n) is 3.03. The molecule has 0 bridgehead atoms. The van der Waals surface area contributed by atoms with Crippen molar-refractivity contribution in [2.24, 2.45) is 0 Å². The number of hydrogen-bond donors (Lipinski definition) is 0. The van der Waals surface area contributed by atoms with Crippen LogP contribution >= 0.6 is 15.9 Å². The first kappa shape index (κ1) is 7.35. The topological polar surface area (TPSA) is 26.0 Å². The molecule has 1 saturated carbocycles. The van der Waals surface area contributed by atoms with Crippen LogP contribution in [0.25, 0.3) is 0 Å². The minimum atomic E-state index is 0.676. The van der Waals surface area contributed by atoms with Crippen LogP contribution in [0.15, 0.2) is 4.52 Å². The third-order valence-corrected chi connectivity index (χ3v) is 2.66. The number of hydrogen-bond acceptors (Lipinski definition) is 2. The van der Waals surface area contributed by atoms with Crippen LogP contribution in [-0.2, 0) is 5.33 Å². The first-order valence-electron chi connectivity index (χ1n) is 3.84. The van der Waals surface area contributed by atoms with Gasteiger partial charge in [-0.1, -0.05) is 21.1 Å². The lowest BCUT2D eigenvalue weighted by Crippen LogP contribution is -1.82. The van der Waals surface area contributed by atoms with Crippen LogP contribution in [0, 0.1) is 6.92 Å². The number of rotatable bonds is 2. The van der Waals surface area contributed by atoms with E-state index in [0.717, 1.165) is 16.8 Å². The Hall–Kier alpha value is -0.310. The second kappa shape index (κ2) is 2.63. The Morgan fingerprint density at radius 3 is 2.82 bits per heavy atom. The summed E-state index contributed by atoms with van der Waals surface area (Å²) in [6.45, 7) is 2.08. The van der Waals surface area contributed by atoms with Gasteiger partial charge in [0, 0.05) is 16.8 Å². The molecule has 3 heteroatoms. The number of halogens is 1. The standard InChI is InChI=1S/C8H10BrNO/c1-5-7(4-9)10-11-8(5)6-2-3-6/h6H,2-4H2,1H3. The highest BCUT2D eigenvalue weighted by molar-refractivity contribution is 9.08. The van der Waals surface area contributed by atoms with Gasteiger partial charge in [0.1, 0.15) is 5.76 Å². The molecule has 0 amide bonds. The molecular formula is C8H10BrNO. The van der Waals surface area contributed by atoms with E-state index in [2.05, 4.69) is 28.0 Å². The zero-order chi connectivity index (χ0) is 7.84. The van der Waals surface area contributed by atoms with Gasteiger partial charge in [-0.2, -0.15) is 0 Å².